The number of nitrogens with one attached hydrogen (secondary N) is 2. The molecule has 1 aromatic carbocycles. The molecule has 0 radical (unpaired) electrons. The molecule has 1 aliphatic heterocycles. The van der Waals surface area contributed by atoms with Gasteiger partial charge in [-0.25, -0.2) is 0 Å². The Balaban J connectivity index is 0.00000261. The number of hydrogen-bond donors (Lipinski definition) is 2. The highest BCUT2D eigenvalue weighted by Crippen LogP contribution is 2.45. The van der Waals surface area contributed by atoms with Crippen molar-refractivity contribution in [1.29, 1.82) is 0 Å². The monoisotopic (exact) mass is 395 g/mol. The van der Waals surface area contributed by atoms with E-state index in [0.717, 1.165) is 32.4 Å². The average molecular weight is 396 g/mol. The lowest BCUT2D eigenvalue weighted by Crippen LogP contribution is -2.51. The lowest BCUT2D eigenvalue weighted by atomic mass is 9.67. The van der Waals surface area contributed by atoms with Gasteiger partial charge in [0.05, 0.1) is 19.1 Å². The minimum Gasteiger partial charge on any atom is -0.497 e. The van der Waals surface area contributed by atoms with Crippen LogP contribution in [0.1, 0.15) is 32.6 Å². The van der Waals surface area contributed by atoms with E-state index in [1.165, 1.54) is 6.42 Å². The number of ether oxygens (including phenoxy) is 1. The summed E-state index contributed by atoms with van der Waals surface area (Å²) in [6.45, 7) is 4.22. The van der Waals surface area contributed by atoms with E-state index in [1.54, 1.807) is 18.1 Å². The first-order valence-electron chi connectivity index (χ1n) is 9.53. The maximum atomic E-state index is 13.3. The van der Waals surface area contributed by atoms with E-state index in [9.17, 15) is 9.59 Å². The number of hydrogen-bond acceptors (Lipinski definition) is 4. The quantitative estimate of drug-likeness (QED) is 0.776. The molecule has 0 unspecified atom stereocenters. The van der Waals surface area contributed by atoms with Crippen molar-refractivity contribution in [3.05, 3.63) is 24.3 Å². The molecule has 27 heavy (non-hydrogen) atoms. The molecular formula is C20H30ClN3O3. The van der Waals surface area contributed by atoms with Gasteiger partial charge in [-0.15, -0.1) is 12.4 Å². The third-order valence-electron chi connectivity index (χ3n) is 5.82. The Bertz CT molecular complexity index is 670. The summed E-state index contributed by atoms with van der Waals surface area (Å²) < 4.78 is 5.18. The molecule has 1 heterocycles. The molecule has 2 fully saturated rings. The Morgan fingerprint density at radius 1 is 1.37 bits per heavy atom. The molecule has 1 aliphatic carbocycles. The van der Waals surface area contributed by atoms with E-state index >= 15 is 0 Å². The van der Waals surface area contributed by atoms with Gasteiger partial charge >= 0.3 is 0 Å². The van der Waals surface area contributed by atoms with E-state index in [-0.39, 0.29) is 36.2 Å². The van der Waals surface area contributed by atoms with Gasteiger partial charge in [0.15, 0.2) is 0 Å². The Morgan fingerprint density at radius 3 is 2.93 bits per heavy atom. The van der Waals surface area contributed by atoms with Gasteiger partial charge in [-0.3, -0.25) is 9.59 Å². The van der Waals surface area contributed by atoms with Crippen molar-refractivity contribution in [2.24, 2.45) is 11.3 Å². The van der Waals surface area contributed by atoms with Gasteiger partial charge in [0.25, 0.3) is 0 Å². The molecule has 0 bridgehead atoms. The van der Waals surface area contributed by atoms with Crippen molar-refractivity contribution >= 4 is 29.9 Å². The molecule has 0 aromatic heterocycles. The van der Waals surface area contributed by atoms with E-state index in [2.05, 4.69) is 10.6 Å². The van der Waals surface area contributed by atoms with Crippen LogP contribution in [0, 0.1) is 11.3 Å². The second-order valence-corrected chi connectivity index (χ2v) is 7.33. The van der Waals surface area contributed by atoms with Crippen LogP contribution in [0.3, 0.4) is 0 Å². The fourth-order valence-electron chi connectivity index (χ4n) is 4.39. The Morgan fingerprint density at radius 2 is 2.19 bits per heavy atom. The number of carbonyl (C=O) groups excluding carboxylic acids is 2. The third kappa shape index (κ3) is 4.55. The van der Waals surface area contributed by atoms with Crippen LogP contribution in [0.2, 0.25) is 0 Å². The second-order valence-electron chi connectivity index (χ2n) is 7.33. The number of benzene rings is 1. The number of fused-ring (bicyclic) bond motifs is 1. The minimum atomic E-state index is -0.315. The van der Waals surface area contributed by atoms with Crippen molar-refractivity contribution in [2.75, 3.05) is 38.6 Å². The molecule has 7 heteroatoms. The lowest BCUT2D eigenvalue weighted by molar-refractivity contribution is -0.147. The topological polar surface area (TPSA) is 70.7 Å². The number of anilines is 1. The van der Waals surface area contributed by atoms with Gasteiger partial charge < -0.3 is 20.3 Å². The van der Waals surface area contributed by atoms with Crippen LogP contribution in [0.5, 0.6) is 5.75 Å². The molecule has 3 rings (SSSR count). The van der Waals surface area contributed by atoms with Crippen LogP contribution in [-0.2, 0) is 9.59 Å². The first-order valence-corrected chi connectivity index (χ1v) is 9.53. The summed E-state index contributed by atoms with van der Waals surface area (Å²) in [5.74, 6) is 1.05. The number of halogens is 1. The molecule has 2 atom stereocenters. The maximum absolute atomic E-state index is 13.3. The fraction of sp³-hybridized carbons (Fsp3) is 0.600. The van der Waals surface area contributed by atoms with Crippen LogP contribution >= 0.6 is 12.4 Å². The SMILES string of the molecule is CCN(CC(=O)Nc1cccc(OC)c1)C(=O)[C@@]12CCCC[C@H]1CNC2.Cl. The summed E-state index contributed by atoms with van der Waals surface area (Å²) in [5.41, 5.74) is 0.360. The van der Waals surface area contributed by atoms with Crippen LogP contribution in [0.4, 0.5) is 5.69 Å². The number of methoxy groups -OCH3 is 1. The number of carbonyl (C=O) groups is 2. The maximum Gasteiger partial charge on any atom is 0.243 e. The summed E-state index contributed by atoms with van der Waals surface area (Å²) >= 11 is 0. The Kier molecular flexibility index (Phi) is 7.50. The second kappa shape index (κ2) is 9.42. The number of rotatable bonds is 6. The van der Waals surface area contributed by atoms with E-state index in [0.29, 0.717) is 23.9 Å². The first kappa shape index (κ1) is 21.5. The van der Waals surface area contributed by atoms with Gasteiger partial charge in [-0.1, -0.05) is 18.9 Å². The first-order chi connectivity index (χ1) is 12.6. The van der Waals surface area contributed by atoms with Crippen molar-refractivity contribution in [3.8, 4) is 5.75 Å². The molecule has 1 saturated carbocycles. The molecule has 1 saturated heterocycles. The normalized spacial score (nSPS) is 23.7. The average Bonchev–Trinajstić information content (AvgIpc) is 3.11. The number of amides is 2. The predicted molar refractivity (Wildman–Crippen MR) is 108 cm³/mol. The largest absolute Gasteiger partial charge is 0.497 e. The zero-order valence-corrected chi connectivity index (χ0v) is 16.9. The summed E-state index contributed by atoms with van der Waals surface area (Å²) in [7, 11) is 1.59. The zero-order chi connectivity index (χ0) is 18.6. The molecule has 6 nitrogen and oxygen atoms in total. The van der Waals surface area contributed by atoms with Gasteiger partial charge in [0.2, 0.25) is 11.8 Å². The Hall–Kier alpha value is -1.79. The molecule has 2 amide bonds. The highest BCUT2D eigenvalue weighted by molar-refractivity contribution is 5.95. The molecule has 1 aromatic rings. The molecule has 150 valence electrons. The van der Waals surface area contributed by atoms with Crippen LogP contribution in [-0.4, -0.2) is 50.0 Å². The summed E-state index contributed by atoms with van der Waals surface area (Å²) in [6, 6.07) is 7.24. The smallest absolute Gasteiger partial charge is 0.243 e. The number of likely N-dealkylation sites (N-methyl/N-ethyl adjacent to an activating group) is 1. The van der Waals surface area contributed by atoms with Crippen molar-refractivity contribution < 1.29 is 14.3 Å². The molecule has 2 N–H and O–H groups in total. The van der Waals surface area contributed by atoms with E-state index < -0.39 is 0 Å². The fourth-order valence-corrected chi connectivity index (χ4v) is 4.39. The molecule has 2 aliphatic rings. The van der Waals surface area contributed by atoms with Crippen molar-refractivity contribution in [1.82, 2.24) is 10.2 Å². The van der Waals surface area contributed by atoms with Crippen molar-refractivity contribution in [2.45, 2.75) is 32.6 Å². The summed E-state index contributed by atoms with van der Waals surface area (Å²) in [4.78, 5) is 27.5. The van der Waals surface area contributed by atoms with Gasteiger partial charge in [-0.05, 0) is 44.4 Å². The third-order valence-corrected chi connectivity index (χ3v) is 5.82. The van der Waals surface area contributed by atoms with E-state index in [1.807, 2.05) is 25.1 Å². The predicted octanol–water partition coefficient (Wildman–Crippen LogP) is 2.68. The van der Waals surface area contributed by atoms with Crippen LogP contribution in [0.15, 0.2) is 24.3 Å². The lowest BCUT2D eigenvalue weighted by Gasteiger charge is -2.40. The zero-order valence-electron chi connectivity index (χ0n) is 16.1. The van der Waals surface area contributed by atoms with Gasteiger partial charge in [-0.2, -0.15) is 0 Å². The minimum absolute atomic E-state index is 0. The van der Waals surface area contributed by atoms with E-state index in [4.69, 9.17) is 4.74 Å². The molecular weight excluding hydrogens is 366 g/mol. The van der Waals surface area contributed by atoms with Crippen LogP contribution in [0.25, 0.3) is 0 Å². The van der Waals surface area contributed by atoms with Gasteiger partial charge in [0, 0.05) is 24.8 Å². The highest BCUT2D eigenvalue weighted by Gasteiger charge is 2.51. The van der Waals surface area contributed by atoms with Crippen molar-refractivity contribution in [3.63, 3.8) is 0 Å². The highest BCUT2D eigenvalue weighted by atomic mass is 35.5. The van der Waals surface area contributed by atoms with Gasteiger partial charge in [0.1, 0.15) is 5.75 Å². The summed E-state index contributed by atoms with van der Waals surface area (Å²) in [5, 5.41) is 6.28. The summed E-state index contributed by atoms with van der Waals surface area (Å²) in [6.07, 6.45) is 4.32. The van der Waals surface area contributed by atoms with Crippen LogP contribution < -0.4 is 15.4 Å². The standard InChI is InChI=1S/C20H29N3O3.ClH/c1-3-23(13-18(24)22-16-8-6-9-17(11-16)26-2)19(25)20-10-5-4-7-15(20)12-21-14-20;/h6,8-9,11,15,21H,3-5,7,10,12-14H2,1-2H3,(H,22,24);1H/t15-,20+;/m0./s1. The Labute approximate surface area is 167 Å². The number of nitrogens with zero attached hydrogens (tertiary/aromatic N) is 1. The molecule has 0 spiro atoms.